The van der Waals surface area contributed by atoms with E-state index in [-0.39, 0.29) is 32.8 Å². The van der Waals surface area contributed by atoms with E-state index in [1.165, 1.54) is 23.0 Å². The summed E-state index contributed by atoms with van der Waals surface area (Å²) in [6.07, 6.45) is 3.07. The molecular weight excluding hydrogens is 401 g/mol. The Labute approximate surface area is 162 Å². The van der Waals surface area contributed by atoms with Crippen LogP contribution >= 0.6 is 34.8 Å². The SMILES string of the molecule is C=C(C)C(=O)Nc1[nH]n(-c2c(Cl)cc(Cl)cc2Cl)c(=O)c1-n1cccn1. The first-order valence-electron chi connectivity index (χ1n) is 7.26. The van der Waals surface area contributed by atoms with Crippen LogP contribution in [0.15, 0.2) is 47.5 Å². The van der Waals surface area contributed by atoms with Crippen LogP contribution in [0.2, 0.25) is 15.1 Å². The number of benzene rings is 1. The summed E-state index contributed by atoms with van der Waals surface area (Å²) in [5, 5.41) is 10.1. The van der Waals surface area contributed by atoms with Gasteiger partial charge in [-0.15, -0.1) is 0 Å². The number of nitrogens with zero attached hydrogens (tertiary/aromatic N) is 3. The standard InChI is InChI=1S/C16H12Cl3N5O2/c1-8(2)15(25)21-14-13(23-5-3-4-20-23)16(26)24(22-14)12-10(18)6-9(17)7-11(12)19/h3-7,22H,1H2,2H3,(H,21,25). The maximum Gasteiger partial charge on any atom is 0.299 e. The molecule has 7 nitrogen and oxygen atoms in total. The third-order valence-corrected chi connectivity index (χ3v) is 4.23. The van der Waals surface area contributed by atoms with Gasteiger partial charge in [0.2, 0.25) is 0 Å². The number of rotatable bonds is 4. The number of carbonyl (C=O) groups excluding carboxylic acids is 1. The number of halogens is 3. The van der Waals surface area contributed by atoms with Gasteiger partial charge in [-0.1, -0.05) is 41.4 Å². The molecule has 0 unspecified atom stereocenters. The molecular formula is C16H12Cl3N5O2. The summed E-state index contributed by atoms with van der Waals surface area (Å²) in [7, 11) is 0. The third-order valence-electron chi connectivity index (χ3n) is 3.43. The van der Waals surface area contributed by atoms with Crippen molar-refractivity contribution in [1.29, 1.82) is 0 Å². The van der Waals surface area contributed by atoms with E-state index in [4.69, 9.17) is 34.8 Å². The van der Waals surface area contributed by atoms with Crippen molar-refractivity contribution in [1.82, 2.24) is 19.6 Å². The molecule has 0 aliphatic heterocycles. The Balaban J connectivity index is 2.25. The monoisotopic (exact) mass is 411 g/mol. The zero-order valence-corrected chi connectivity index (χ0v) is 15.7. The molecule has 2 N–H and O–H groups in total. The van der Waals surface area contributed by atoms with Crippen molar-refractivity contribution >= 4 is 46.5 Å². The molecule has 0 saturated carbocycles. The second kappa shape index (κ2) is 7.03. The van der Waals surface area contributed by atoms with E-state index in [1.54, 1.807) is 19.2 Å². The van der Waals surface area contributed by atoms with Gasteiger partial charge in [-0.2, -0.15) is 5.10 Å². The Morgan fingerprint density at radius 2 is 1.88 bits per heavy atom. The van der Waals surface area contributed by atoms with Gasteiger partial charge < -0.3 is 5.32 Å². The van der Waals surface area contributed by atoms with Crippen molar-refractivity contribution in [3.63, 3.8) is 0 Å². The molecule has 1 amide bonds. The minimum Gasteiger partial charge on any atom is -0.305 e. The quantitative estimate of drug-likeness (QED) is 0.639. The highest BCUT2D eigenvalue weighted by atomic mass is 35.5. The lowest BCUT2D eigenvalue weighted by atomic mass is 10.3. The highest BCUT2D eigenvalue weighted by Crippen LogP contribution is 2.32. The summed E-state index contributed by atoms with van der Waals surface area (Å²) in [5.74, 6) is -0.339. The number of nitrogens with one attached hydrogen (secondary N) is 2. The average molecular weight is 413 g/mol. The second-order valence-electron chi connectivity index (χ2n) is 5.38. The number of hydrogen-bond acceptors (Lipinski definition) is 3. The molecule has 0 saturated heterocycles. The minimum atomic E-state index is -0.517. The van der Waals surface area contributed by atoms with Crippen LogP contribution in [0.3, 0.4) is 0 Å². The number of amides is 1. The van der Waals surface area contributed by atoms with Crippen LogP contribution in [0.1, 0.15) is 6.92 Å². The summed E-state index contributed by atoms with van der Waals surface area (Å²) in [4.78, 5) is 25.0. The molecule has 0 spiro atoms. The van der Waals surface area contributed by atoms with Gasteiger partial charge in [0.1, 0.15) is 5.69 Å². The Hall–Kier alpha value is -2.48. The molecule has 3 rings (SSSR count). The van der Waals surface area contributed by atoms with E-state index < -0.39 is 11.5 Å². The Bertz CT molecular complexity index is 1040. The molecule has 2 aromatic heterocycles. The number of H-pyrrole nitrogens is 1. The van der Waals surface area contributed by atoms with Gasteiger partial charge in [-0.05, 0) is 25.1 Å². The molecule has 0 bridgehead atoms. The molecule has 0 fully saturated rings. The minimum absolute atomic E-state index is 0.0895. The Morgan fingerprint density at radius 3 is 2.42 bits per heavy atom. The van der Waals surface area contributed by atoms with Crippen molar-refractivity contribution in [3.8, 4) is 11.4 Å². The van der Waals surface area contributed by atoms with Gasteiger partial charge in [0.05, 0.1) is 10.0 Å². The highest BCUT2D eigenvalue weighted by Gasteiger charge is 2.22. The zero-order valence-electron chi connectivity index (χ0n) is 13.4. The van der Waals surface area contributed by atoms with E-state index >= 15 is 0 Å². The van der Waals surface area contributed by atoms with E-state index in [2.05, 4.69) is 22.1 Å². The zero-order chi connectivity index (χ0) is 19.0. The molecule has 2 heterocycles. The number of hydrogen-bond donors (Lipinski definition) is 2. The second-order valence-corrected chi connectivity index (χ2v) is 6.63. The van der Waals surface area contributed by atoms with E-state index in [0.717, 1.165) is 4.68 Å². The summed E-state index contributed by atoms with van der Waals surface area (Å²) in [5.41, 5.74) is 0.0445. The first kappa shape index (κ1) is 18.3. The maximum absolute atomic E-state index is 13.0. The van der Waals surface area contributed by atoms with Crippen LogP contribution in [-0.4, -0.2) is 25.5 Å². The maximum atomic E-state index is 13.0. The van der Waals surface area contributed by atoms with Gasteiger partial charge in [0.15, 0.2) is 11.5 Å². The molecule has 0 aliphatic rings. The van der Waals surface area contributed by atoms with Crippen LogP contribution in [0.5, 0.6) is 0 Å². The highest BCUT2D eigenvalue weighted by molar-refractivity contribution is 6.40. The van der Waals surface area contributed by atoms with E-state index in [0.29, 0.717) is 5.02 Å². The fourth-order valence-corrected chi connectivity index (χ4v) is 3.24. The Kier molecular flexibility index (Phi) is 4.95. The van der Waals surface area contributed by atoms with Gasteiger partial charge in [-0.3, -0.25) is 14.7 Å². The van der Waals surface area contributed by atoms with Crippen LogP contribution < -0.4 is 10.9 Å². The molecule has 134 valence electrons. The van der Waals surface area contributed by atoms with Crippen LogP contribution in [0.4, 0.5) is 5.82 Å². The van der Waals surface area contributed by atoms with E-state index in [1.807, 2.05) is 0 Å². The average Bonchev–Trinajstić information content (AvgIpc) is 3.15. The molecule has 0 aliphatic carbocycles. The van der Waals surface area contributed by atoms with Gasteiger partial charge in [-0.25, -0.2) is 9.36 Å². The first-order valence-corrected chi connectivity index (χ1v) is 8.39. The molecule has 10 heteroatoms. The van der Waals surface area contributed by atoms with Gasteiger partial charge in [0.25, 0.3) is 11.5 Å². The molecule has 3 aromatic rings. The summed E-state index contributed by atoms with van der Waals surface area (Å²) < 4.78 is 2.44. The van der Waals surface area contributed by atoms with Crippen LogP contribution in [0, 0.1) is 0 Å². The fourth-order valence-electron chi connectivity index (χ4n) is 2.26. The van der Waals surface area contributed by atoms with E-state index in [9.17, 15) is 9.59 Å². The molecule has 1 aromatic carbocycles. The van der Waals surface area contributed by atoms with Crippen molar-refractivity contribution in [2.24, 2.45) is 0 Å². The topological polar surface area (TPSA) is 84.7 Å². The number of anilines is 1. The molecule has 26 heavy (non-hydrogen) atoms. The summed E-state index contributed by atoms with van der Waals surface area (Å²) >= 11 is 18.3. The van der Waals surface area contributed by atoms with Gasteiger partial charge in [0, 0.05) is 23.0 Å². The smallest absolute Gasteiger partial charge is 0.299 e. The Morgan fingerprint density at radius 1 is 1.23 bits per heavy atom. The van der Waals surface area contributed by atoms with Crippen molar-refractivity contribution < 1.29 is 4.79 Å². The molecule has 0 atom stereocenters. The number of carbonyl (C=O) groups is 1. The summed E-state index contributed by atoms with van der Waals surface area (Å²) in [6.45, 7) is 5.13. The lowest BCUT2D eigenvalue weighted by Crippen LogP contribution is -2.19. The van der Waals surface area contributed by atoms with Crippen molar-refractivity contribution in [2.45, 2.75) is 6.92 Å². The first-order chi connectivity index (χ1) is 12.3. The predicted octanol–water partition coefficient (Wildman–Crippen LogP) is 3.83. The molecule has 0 radical (unpaired) electrons. The fraction of sp³-hybridized carbons (Fsp3) is 0.0625. The van der Waals surface area contributed by atoms with Crippen LogP contribution in [-0.2, 0) is 4.79 Å². The number of aromatic amines is 1. The third kappa shape index (κ3) is 3.29. The number of aromatic nitrogens is 4. The predicted molar refractivity (Wildman–Crippen MR) is 102 cm³/mol. The lowest BCUT2D eigenvalue weighted by Gasteiger charge is -2.08. The van der Waals surface area contributed by atoms with Crippen molar-refractivity contribution in [2.75, 3.05) is 5.32 Å². The lowest BCUT2D eigenvalue weighted by molar-refractivity contribution is -0.112. The normalized spacial score (nSPS) is 10.8. The largest absolute Gasteiger partial charge is 0.305 e. The van der Waals surface area contributed by atoms with Gasteiger partial charge >= 0.3 is 0 Å². The van der Waals surface area contributed by atoms with Crippen LogP contribution in [0.25, 0.3) is 11.4 Å². The van der Waals surface area contributed by atoms with Crippen molar-refractivity contribution in [3.05, 3.63) is 68.2 Å². The summed E-state index contributed by atoms with van der Waals surface area (Å²) in [6, 6.07) is 4.55.